The Balaban J connectivity index is 1.85. The summed E-state index contributed by atoms with van der Waals surface area (Å²) in [5.41, 5.74) is -5.42. The van der Waals surface area contributed by atoms with Crippen molar-refractivity contribution in [2.24, 2.45) is 28.6 Å². The van der Waals surface area contributed by atoms with E-state index in [4.69, 9.17) is 14.2 Å². The second-order valence-electron chi connectivity index (χ2n) is 13.3. The first-order chi connectivity index (χ1) is 20.2. The van der Waals surface area contributed by atoms with Crippen LogP contribution in [0.3, 0.4) is 0 Å². The molecule has 3 fully saturated rings. The minimum Gasteiger partial charge on any atom is -0.459 e. The number of fused-ring (bicyclic) bond motifs is 5. The fourth-order valence-electron chi connectivity index (χ4n) is 8.83. The molecule has 43 heavy (non-hydrogen) atoms. The highest BCUT2D eigenvalue weighted by Gasteiger charge is 2.78. The van der Waals surface area contributed by atoms with E-state index in [0.29, 0.717) is 31.3 Å². The number of unbranched alkanes of at least 4 members (excludes halogenated alkanes) is 2. The van der Waals surface area contributed by atoms with Gasteiger partial charge in [-0.2, -0.15) is 0 Å². The zero-order chi connectivity index (χ0) is 31.8. The maximum atomic E-state index is 18.4. The van der Waals surface area contributed by atoms with E-state index in [2.05, 4.69) is 0 Å². The number of rotatable bonds is 11. The van der Waals surface area contributed by atoms with Crippen LogP contribution >= 0.6 is 0 Å². The van der Waals surface area contributed by atoms with Crippen LogP contribution in [-0.4, -0.2) is 53.5 Å². The normalized spacial score (nSPS) is 37.8. The molecule has 0 bridgehead atoms. The van der Waals surface area contributed by atoms with Gasteiger partial charge in [-0.05, 0) is 57.1 Å². The second kappa shape index (κ2) is 12.3. The molecule has 3 saturated carbocycles. The van der Waals surface area contributed by atoms with Crippen molar-refractivity contribution in [1.29, 1.82) is 0 Å². The van der Waals surface area contributed by atoms with Crippen LogP contribution in [0.4, 0.5) is 4.39 Å². The van der Waals surface area contributed by atoms with Gasteiger partial charge in [0.25, 0.3) is 0 Å². The topological polar surface area (TPSA) is 113 Å². The monoisotopic (exact) mass is 602 g/mol. The molecule has 4 aliphatic carbocycles. The Labute approximate surface area is 254 Å². The molecule has 238 valence electrons. The highest BCUT2D eigenvalue weighted by atomic mass is 19.1. The molecule has 0 N–H and O–H groups in total. The van der Waals surface area contributed by atoms with Crippen molar-refractivity contribution in [2.75, 3.05) is 6.61 Å². The van der Waals surface area contributed by atoms with E-state index in [1.807, 2.05) is 20.8 Å². The van der Waals surface area contributed by atoms with Crippen LogP contribution in [0.1, 0.15) is 106 Å². The number of carbonyl (C=O) groups is 5. The summed E-state index contributed by atoms with van der Waals surface area (Å²) in [4.78, 5) is 64.7. The molecule has 0 spiro atoms. The number of esters is 3. The first-order valence-electron chi connectivity index (χ1n) is 16.0. The average Bonchev–Trinajstić information content (AvgIpc) is 3.18. The molecule has 0 radical (unpaired) electrons. The maximum absolute atomic E-state index is 18.4. The van der Waals surface area contributed by atoms with E-state index < -0.39 is 76.3 Å². The lowest BCUT2D eigenvalue weighted by Gasteiger charge is -2.63. The van der Waals surface area contributed by atoms with Gasteiger partial charge in [0.1, 0.15) is 6.10 Å². The van der Waals surface area contributed by atoms with Crippen molar-refractivity contribution in [3.8, 4) is 0 Å². The zero-order valence-corrected chi connectivity index (χ0v) is 26.5. The smallest absolute Gasteiger partial charge is 0.306 e. The van der Waals surface area contributed by atoms with Gasteiger partial charge in [-0.3, -0.25) is 24.0 Å². The summed E-state index contributed by atoms with van der Waals surface area (Å²) in [6, 6.07) is 0. The first-order valence-corrected chi connectivity index (χ1v) is 16.0. The van der Waals surface area contributed by atoms with Gasteiger partial charge in [-0.1, -0.05) is 59.1 Å². The first kappa shape index (κ1) is 33.1. The molecular weight excluding hydrogens is 555 g/mol. The fraction of sp³-hybridized carbons (Fsp3) is 0.735. The number of halogens is 1. The minimum atomic E-state index is -2.07. The SMILES string of the molecule is CCCCCC(=O)O[C@@H]1C[C@@]2(C)[C@@H](C[C@@H](C)[C@]2(OC(=O)CC)C(=O)COC(=O)CC)[C@H]2CCC3=CC(=O)C=C[C@]3(C)[C@]21F. The molecule has 8 nitrogen and oxygen atoms in total. The predicted molar refractivity (Wildman–Crippen MR) is 156 cm³/mol. The van der Waals surface area contributed by atoms with Gasteiger partial charge in [0, 0.05) is 41.9 Å². The molecule has 4 aliphatic rings. The molecule has 0 aliphatic heterocycles. The highest BCUT2D eigenvalue weighted by molar-refractivity contribution is 6.01. The lowest BCUT2D eigenvalue weighted by atomic mass is 9.44. The predicted octanol–water partition coefficient (Wildman–Crippen LogP) is 5.95. The number of allylic oxidation sites excluding steroid dienone is 4. The quantitative estimate of drug-likeness (QED) is 0.162. The fourth-order valence-corrected chi connectivity index (χ4v) is 8.83. The largest absolute Gasteiger partial charge is 0.459 e. The number of alkyl halides is 1. The molecule has 4 rings (SSSR count). The molecule has 0 aromatic heterocycles. The summed E-state index contributed by atoms with van der Waals surface area (Å²) in [5.74, 6) is -3.98. The van der Waals surface area contributed by atoms with Crippen molar-refractivity contribution in [2.45, 2.75) is 123 Å². The average molecular weight is 603 g/mol. The van der Waals surface area contributed by atoms with Crippen LogP contribution in [0.15, 0.2) is 23.8 Å². The number of Topliss-reactive ketones (excluding diaryl/α,β-unsaturated/α-hetero) is 1. The maximum Gasteiger partial charge on any atom is 0.306 e. The molecule has 0 aromatic rings. The number of hydrogen-bond acceptors (Lipinski definition) is 8. The number of carbonyl (C=O) groups excluding carboxylic acids is 5. The van der Waals surface area contributed by atoms with Gasteiger partial charge in [0.2, 0.25) is 5.78 Å². The number of hydrogen-bond donors (Lipinski definition) is 0. The molecule has 9 heteroatoms. The zero-order valence-electron chi connectivity index (χ0n) is 26.5. The Morgan fingerprint density at radius 1 is 1.00 bits per heavy atom. The summed E-state index contributed by atoms with van der Waals surface area (Å²) in [6.07, 6.45) is 7.01. The minimum absolute atomic E-state index is 0.0224. The Morgan fingerprint density at radius 2 is 1.70 bits per heavy atom. The third-order valence-corrected chi connectivity index (χ3v) is 11.0. The molecule has 0 heterocycles. The summed E-state index contributed by atoms with van der Waals surface area (Å²) in [5, 5.41) is 0. The van der Waals surface area contributed by atoms with E-state index in [9.17, 15) is 24.0 Å². The van der Waals surface area contributed by atoms with Crippen LogP contribution in [0.5, 0.6) is 0 Å². The van der Waals surface area contributed by atoms with Crippen molar-refractivity contribution in [3.05, 3.63) is 23.8 Å². The summed E-state index contributed by atoms with van der Waals surface area (Å²) >= 11 is 0. The molecule has 0 aromatic carbocycles. The molecular formula is C34H47FO8. The highest BCUT2D eigenvalue weighted by Crippen LogP contribution is 2.72. The Bertz CT molecular complexity index is 1220. The lowest BCUT2D eigenvalue weighted by molar-refractivity contribution is -0.236. The van der Waals surface area contributed by atoms with Crippen molar-refractivity contribution < 1.29 is 42.6 Å². The molecule has 0 saturated heterocycles. The Morgan fingerprint density at radius 3 is 2.35 bits per heavy atom. The Hall–Kier alpha value is -2.84. The van der Waals surface area contributed by atoms with Crippen LogP contribution < -0.4 is 0 Å². The van der Waals surface area contributed by atoms with Gasteiger partial charge in [0.05, 0.1) is 0 Å². The van der Waals surface area contributed by atoms with Gasteiger partial charge >= 0.3 is 17.9 Å². The van der Waals surface area contributed by atoms with E-state index in [0.717, 1.165) is 12.8 Å². The number of ether oxygens (including phenoxy) is 3. The number of ketones is 2. The van der Waals surface area contributed by atoms with E-state index in [1.54, 1.807) is 26.8 Å². The molecule has 8 atom stereocenters. The third kappa shape index (κ3) is 5.18. The standard InChI is InChI=1S/C34H47FO8/c1-7-10-11-12-30(40)42-27-19-32(6)25(24-14-13-22-18-23(36)15-16-31(22,5)33(24,27)35)17-21(4)34(32,43-29(39)9-3)26(37)20-41-28(38)8-2/h15-16,18,21,24-25,27H,7-14,17,19-20H2,1-6H3/t21-,24-,25+,27-,31+,32+,33+,34+/m1/s1. The van der Waals surface area contributed by atoms with E-state index >= 15 is 4.39 Å². The summed E-state index contributed by atoms with van der Waals surface area (Å²) in [7, 11) is 0. The van der Waals surface area contributed by atoms with Crippen LogP contribution in [-0.2, 0) is 38.2 Å². The Kier molecular flexibility index (Phi) is 9.44. The van der Waals surface area contributed by atoms with Crippen LogP contribution in [0.2, 0.25) is 0 Å². The van der Waals surface area contributed by atoms with Crippen molar-refractivity contribution in [1.82, 2.24) is 0 Å². The molecule has 0 amide bonds. The van der Waals surface area contributed by atoms with E-state index in [1.165, 1.54) is 12.2 Å². The van der Waals surface area contributed by atoms with E-state index in [-0.39, 0.29) is 31.5 Å². The van der Waals surface area contributed by atoms with Crippen LogP contribution in [0.25, 0.3) is 0 Å². The van der Waals surface area contributed by atoms with Gasteiger partial charge in [-0.15, -0.1) is 0 Å². The third-order valence-electron chi connectivity index (χ3n) is 11.0. The second-order valence-corrected chi connectivity index (χ2v) is 13.3. The van der Waals surface area contributed by atoms with Gasteiger partial charge in [-0.25, -0.2) is 4.39 Å². The van der Waals surface area contributed by atoms with Crippen molar-refractivity contribution >= 4 is 29.5 Å². The van der Waals surface area contributed by atoms with Crippen molar-refractivity contribution in [3.63, 3.8) is 0 Å². The lowest BCUT2D eigenvalue weighted by Crippen LogP contribution is -2.70. The summed E-state index contributed by atoms with van der Waals surface area (Å²) < 4.78 is 35.8. The van der Waals surface area contributed by atoms with Gasteiger partial charge in [0.15, 0.2) is 23.7 Å². The van der Waals surface area contributed by atoms with Gasteiger partial charge < -0.3 is 14.2 Å². The summed E-state index contributed by atoms with van der Waals surface area (Å²) in [6.45, 7) is 10.1. The molecule has 0 unspecified atom stereocenters. The van der Waals surface area contributed by atoms with Crippen LogP contribution in [0, 0.1) is 28.6 Å².